The Morgan fingerprint density at radius 1 is 1.07 bits per heavy atom. The molecule has 0 fully saturated rings. The highest BCUT2D eigenvalue weighted by molar-refractivity contribution is 7.16. The van der Waals surface area contributed by atoms with Crippen LogP contribution in [-0.4, -0.2) is 22.6 Å². The van der Waals surface area contributed by atoms with Crippen LogP contribution in [0.2, 0.25) is 0 Å². The van der Waals surface area contributed by atoms with E-state index in [1.54, 1.807) is 7.11 Å². The molecule has 0 aliphatic heterocycles. The summed E-state index contributed by atoms with van der Waals surface area (Å²) in [6, 6.07) is 17.4. The summed E-state index contributed by atoms with van der Waals surface area (Å²) in [6.07, 6.45) is 3.94. The number of anilines is 1. The topological polar surface area (TPSA) is 56.1 Å². The minimum Gasteiger partial charge on any atom is -0.496 e. The van der Waals surface area contributed by atoms with Crippen molar-refractivity contribution in [2.24, 2.45) is 0 Å². The first-order valence-electron chi connectivity index (χ1n) is 9.22. The third-order valence-corrected chi connectivity index (χ3v) is 5.60. The van der Waals surface area contributed by atoms with Gasteiger partial charge in [-0.2, -0.15) is 0 Å². The Kier molecular flexibility index (Phi) is 5.18. The van der Waals surface area contributed by atoms with Crippen molar-refractivity contribution in [1.82, 2.24) is 9.55 Å². The SMILES string of the molecule is COc1ccc(-c2nc(NC(=O)c3ccc(-n4cccc4)cc3)sc2C)cc1C. The van der Waals surface area contributed by atoms with Crippen LogP contribution in [0.3, 0.4) is 0 Å². The molecule has 2 aromatic carbocycles. The number of hydrogen-bond acceptors (Lipinski definition) is 4. The second kappa shape index (κ2) is 7.93. The Hall–Kier alpha value is -3.38. The van der Waals surface area contributed by atoms with Crippen LogP contribution in [0.1, 0.15) is 20.8 Å². The van der Waals surface area contributed by atoms with Crippen LogP contribution in [0.25, 0.3) is 16.9 Å². The van der Waals surface area contributed by atoms with E-state index >= 15 is 0 Å². The van der Waals surface area contributed by atoms with Gasteiger partial charge in [-0.15, -0.1) is 11.3 Å². The van der Waals surface area contributed by atoms with Crippen LogP contribution in [0.15, 0.2) is 67.0 Å². The lowest BCUT2D eigenvalue weighted by Crippen LogP contribution is -2.11. The van der Waals surface area contributed by atoms with E-state index in [9.17, 15) is 4.79 Å². The smallest absolute Gasteiger partial charge is 0.257 e. The van der Waals surface area contributed by atoms with Gasteiger partial charge in [-0.1, -0.05) is 0 Å². The highest BCUT2D eigenvalue weighted by Crippen LogP contribution is 2.33. The molecule has 0 saturated carbocycles. The average Bonchev–Trinajstić information content (AvgIpc) is 3.38. The zero-order chi connectivity index (χ0) is 20.4. The number of nitrogens with zero attached hydrogens (tertiary/aromatic N) is 2. The van der Waals surface area contributed by atoms with Gasteiger partial charge in [-0.25, -0.2) is 4.98 Å². The van der Waals surface area contributed by atoms with Crippen LogP contribution >= 0.6 is 11.3 Å². The molecule has 5 nitrogen and oxygen atoms in total. The standard InChI is InChI=1S/C23H21N3O2S/c1-15-14-18(8-11-20(15)28-3)21-16(2)29-23(24-21)25-22(27)17-6-9-19(10-7-17)26-12-4-5-13-26/h4-14H,1-3H3,(H,24,25,27). The van der Waals surface area contributed by atoms with Gasteiger partial charge in [-0.05, 0) is 74.0 Å². The second-order valence-electron chi connectivity index (χ2n) is 6.70. The highest BCUT2D eigenvalue weighted by atomic mass is 32.1. The van der Waals surface area contributed by atoms with Gasteiger partial charge in [0, 0.05) is 34.1 Å². The summed E-state index contributed by atoms with van der Waals surface area (Å²) in [5.41, 5.74) is 4.53. The summed E-state index contributed by atoms with van der Waals surface area (Å²) >= 11 is 1.47. The molecule has 0 bridgehead atoms. The molecule has 0 spiro atoms. The van der Waals surface area contributed by atoms with Gasteiger partial charge in [0.25, 0.3) is 5.91 Å². The van der Waals surface area contributed by atoms with Crippen LogP contribution in [0, 0.1) is 13.8 Å². The molecular weight excluding hydrogens is 382 g/mol. The predicted octanol–water partition coefficient (Wildman–Crippen LogP) is 5.48. The van der Waals surface area contributed by atoms with Crippen LogP contribution in [0.4, 0.5) is 5.13 Å². The molecule has 6 heteroatoms. The van der Waals surface area contributed by atoms with Crippen molar-refractivity contribution in [2.45, 2.75) is 13.8 Å². The van der Waals surface area contributed by atoms with E-state index < -0.39 is 0 Å². The number of benzene rings is 2. The molecule has 0 atom stereocenters. The van der Waals surface area contributed by atoms with E-state index in [1.165, 1.54) is 11.3 Å². The Labute approximate surface area is 173 Å². The van der Waals surface area contributed by atoms with Crippen molar-refractivity contribution < 1.29 is 9.53 Å². The minimum absolute atomic E-state index is 0.171. The van der Waals surface area contributed by atoms with Crippen molar-refractivity contribution in [3.05, 3.63) is 83.0 Å². The van der Waals surface area contributed by atoms with Crippen molar-refractivity contribution in [1.29, 1.82) is 0 Å². The predicted molar refractivity (Wildman–Crippen MR) is 117 cm³/mol. The largest absolute Gasteiger partial charge is 0.496 e. The Morgan fingerprint density at radius 2 is 1.79 bits per heavy atom. The fraction of sp³-hybridized carbons (Fsp3) is 0.130. The number of methoxy groups -OCH3 is 1. The minimum atomic E-state index is -0.171. The summed E-state index contributed by atoms with van der Waals surface area (Å²) in [6.45, 7) is 4.01. The summed E-state index contributed by atoms with van der Waals surface area (Å²) in [5, 5.41) is 3.51. The number of ether oxygens (including phenoxy) is 1. The fourth-order valence-electron chi connectivity index (χ4n) is 3.20. The molecule has 0 aliphatic rings. The fourth-order valence-corrected chi connectivity index (χ4v) is 4.04. The first kappa shape index (κ1) is 19.0. The molecule has 2 aromatic heterocycles. The number of thiazole rings is 1. The maximum atomic E-state index is 12.6. The second-order valence-corrected chi connectivity index (χ2v) is 7.90. The van der Waals surface area contributed by atoms with Gasteiger partial charge in [0.15, 0.2) is 5.13 Å². The molecular formula is C23H21N3O2S. The molecule has 29 heavy (non-hydrogen) atoms. The molecule has 0 unspecified atom stereocenters. The number of carbonyl (C=O) groups is 1. The summed E-state index contributed by atoms with van der Waals surface area (Å²) in [5.74, 6) is 0.675. The third kappa shape index (κ3) is 3.93. The van der Waals surface area contributed by atoms with E-state index in [1.807, 2.05) is 85.4 Å². The normalized spacial score (nSPS) is 10.7. The van der Waals surface area contributed by atoms with Gasteiger partial charge in [0.2, 0.25) is 0 Å². The lowest BCUT2D eigenvalue weighted by atomic mass is 10.1. The number of rotatable bonds is 5. The Bertz CT molecular complexity index is 1150. The number of hydrogen-bond donors (Lipinski definition) is 1. The summed E-state index contributed by atoms with van der Waals surface area (Å²) in [7, 11) is 1.66. The third-order valence-electron chi connectivity index (χ3n) is 4.72. The number of aryl methyl sites for hydroxylation is 2. The van der Waals surface area contributed by atoms with E-state index in [0.29, 0.717) is 10.7 Å². The maximum Gasteiger partial charge on any atom is 0.257 e. The first-order chi connectivity index (χ1) is 14.0. The van der Waals surface area contributed by atoms with Gasteiger partial charge < -0.3 is 9.30 Å². The summed E-state index contributed by atoms with van der Waals surface area (Å²) in [4.78, 5) is 18.3. The Morgan fingerprint density at radius 3 is 2.45 bits per heavy atom. The quantitative estimate of drug-likeness (QED) is 0.480. The van der Waals surface area contributed by atoms with Gasteiger partial charge in [0.1, 0.15) is 5.75 Å². The van der Waals surface area contributed by atoms with Crippen molar-refractivity contribution in [3.63, 3.8) is 0 Å². The molecule has 0 aliphatic carbocycles. The van der Waals surface area contributed by atoms with E-state index in [-0.39, 0.29) is 5.91 Å². The lowest BCUT2D eigenvalue weighted by molar-refractivity contribution is 0.102. The van der Waals surface area contributed by atoms with Gasteiger partial charge >= 0.3 is 0 Å². The van der Waals surface area contributed by atoms with Crippen molar-refractivity contribution >= 4 is 22.4 Å². The zero-order valence-electron chi connectivity index (χ0n) is 16.5. The first-order valence-corrected chi connectivity index (χ1v) is 10.0. The number of nitrogens with one attached hydrogen (secondary N) is 1. The Balaban J connectivity index is 1.52. The molecule has 1 N–H and O–H groups in total. The molecule has 4 rings (SSSR count). The van der Waals surface area contributed by atoms with Crippen LogP contribution in [0.5, 0.6) is 5.75 Å². The van der Waals surface area contributed by atoms with Crippen molar-refractivity contribution in [2.75, 3.05) is 12.4 Å². The van der Waals surface area contributed by atoms with E-state index in [2.05, 4.69) is 10.3 Å². The molecule has 146 valence electrons. The maximum absolute atomic E-state index is 12.6. The van der Waals surface area contributed by atoms with Crippen LogP contribution < -0.4 is 10.1 Å². The zero-order valence-corrected chi connectivity index (χ0v) is 17.3. The van der Waals surface area contributed by atoms with E-state index in [0.717, 1.165) is 33.1 Å². The van der Waals surface area contributed by atoms with Crippen molar-refractivity contribution in [3.8, 4) is 22.7 Å². The molecule has 2 heterocycles. The number of amides is 1. The number of carbonyl (C=O) groups excluding carboxylic acids is 1. The van der Waals surface area contributed by atoms with Crippen LogP contribution in [-0.2, 0) is 0 Å². The highest BCUT2D eigenvalue weighted by Gasteiger charge is 2.14. The molecule has 0 saturated heterocycles. The van der Waals surface area contributed by atoms with Gasteiger partial charge in [-0.3, -0.25) is 10.1 Å². The molecule has 0 radical (unpaired) electrons. The number of aromatic nitrogens is 2. The average molecular weight is 404 g/mol. The molecule has 4 aromatic rings. The molecule has 1 amide bonds. The van der Waals surface area contributed by atoms with Gasteiger partial charge in [0.05, 0.1) is 12.8 Å². The lowest BCUT2D eigenvalue weighted by Gasteiger charge is -2.06. The van der Waals surface area contributed by atoms with E-state index in [4.69, 9.17) is 4.74 Å². The monoisotopic (exact) mass is 403 g/mol. The summed E-state index contributed by atoms with van der Waals surface area (Å²) < 4.78 is 7.32.